The highest BCUT2D eigenvalue weighted by molar-refractivity contribution is 6.05. The lowest BCUT2D eigenvalue weighted by Crippen LogP contribution is -2.23. The van der Waals surface area contributed by atoms with E-state index in [1.807, 2.05) is 12.3 Å². The maximum atomic E-state index is 12.9. The number of nitrogens with zero attached hydrogens (tertiary/aromatic N) is 2. The standard InChI is InChI=1S/C22H31N3O/c1-7-25(8-2)18-12-17(13-23-14-18)22(26)24-21-19(15(3)4)10-9-11-20(21)16(5)6/h9-16H,7-8H2,1-6H3,(H,24,26). The largest absolute Gasteiger partial charge is 0.371 e. The summed E-state index contributed by atoms with van der Waals surface area (Å²) in [6.07, 6.45) is 3.45. The number of carbonyl (C=O) groups excluding carboxylic acids is 1. The molecule has 140 valence electrons. The predicted molar refractivity (Wildman–Crippen MR) is 110 cm³/mol. The van der Waals surface area contributed by atoms with Crippen molar-refractivity contribution >= 4 is 17.3 Å². The maximum Gasteiger partial charge on any atom is 0.257 e. The van der Waals surface area contributed by atoms with Crippen LogP contribution in [0, 0.1) is 0 Å². The normalized spacial score (nSPS) is 11.1. The number of hydrogen-bond acceptors (Lipinski definition) is 3. The van der Waals surface area contributed by atoms with Crippen LogP contribution in [-0.2, 0) is 0 Å². The molecule has 26 heavy (non-hydrogen) atoms. The van der Waals surface area contributed by atoms with Crippen molar-refractivity contribution in [2.75, 3.05) is 23.3 Å². The number of benzene rings is 1. The van der Waals surface area contributed by atoms with E-state index in [2.05, 4.69) is 74.9 Å². The Morgan fingerprint density at radius 1 is 1.04 bits per heavy atom. The second-order valence-electron chi connectivity index (χ2n) is 7.18. The van der Waals surface area contributed by atoms with E-state index < -0.39 is 0 Å². The van der Waals surface area contributed by atoms with Gasteiger partial charge in [-0.1, -0.05) is 45.9 Å². The number of carbonyl (C=O) groups is 1. The smallest absolute Gasteiger partial charge is 0.257 e. The summed E-state index contributed by atoms with van der Waals surface area (Å²) in [5, 5.41) is 3.16. The SMILES string of the molecule is CCN(CC)c1cncc(C(=O)Nc2c(C(C)C)cccc2C(C)C)c1. The molecule has 0 unspecified atom stereocenters. The first-order valence-electron chi connectivity index (χ1n) is 9.53. The minimum absolute atomic E-state index is 0.110. The molecule has 0 atom stereocenters. The summed E-state index contributed by atoms with van der Waals surface area (Å²) in [6, 6.07) is 8.18. The number of hydrogen-bond donors (Lipinski definition) is 1. The summed E-state index contributed by atoms with van der Waals surface area (Å²) in [6.45, 7) is 14.6. The number of pyridine rings is 1. The molecule has 1 amide bonds. The van der Waals surface area contributed by atoms with Gasteiger partial charge in [0.2, 0.25) is 0 Å². The molecule has 1 aromatic carbocycles. The Hall–Kier alpha value is -2.36. The van der Waals surface area contributed by atoms with E-state index in [9.17, 15) is 4.79 Å². The Kier molecular flexibility index (Phi) is 6.78. The lowest BCUT2D eigenvalue weighted by Gasteiger charge is -2.22. The van der Waals surface area contributed by atoms with E-state index in [0.717, 1.165) is 35.6 Å². The first kappa shape index (κ1) is 20.0. The van der Waals surface area contributed by atoms with Gasteiger partial charge in [-0.25, -0.2) is 0 Å². The predicted octanol–water partition coefficient (Wildman–Crippen LogP) is 5.43. The number of rotatable bonds is 7. The lowest BCUT2D eigenvalue weighted by molar-refractivity contribution is 0.102. The molecule has 2 aromatic rings. The molecule has 2 rings (SSSR count). The number of amides is 1. The van der Waals surface area contributed by atoms with Gasteiger partial charge in [0, 0.05) is 25.0 Å². The second-order valence-corrected chi connectivity index (χ2v) is 7.18. The van der Waals surface area contributed by atoms with Gasteiger partial charge in [-0.15, -0.1) is 0 Å². The van der Waals surface area contributed by atoms with Crippen molar-refractivity contribution < 1.29 is 4.79 Å². The van der Waals surface area contributed by atoms with Gasteiger partial charge in [0.15, 0.2) is 0 Å². The van der Waals surface area contributed by atoms with Crippen LogP contribution >= 0.6 is 0 Å². The van der Waals surface area contributed by atoms with Crippen molar-refractivity contribution in [3.8, 4) is 0 Å². The summed E-state index contributed by atoms with van der Waals surface area (Å²) in [7, 11) is 0. The van der Waals surface area contributed by atoms with Gasteiger partial charge in [-0.2, -0.15) is 0 Å². The molecule has 0 aliphatic carbocycles. The zero-order valence-electron chi connectivity index (χ0n) is 16.8. The van der Waals surface area contributed by atoms with E-state index in [1.165, 1.54) is 0 Å². The van der Waals surface area contributed by atoms with Crippen LogP contribution in [0.15, 0.2) is 36.7 Å². The van der Waals surface area contributed by atoms with Crippen molar-refractivity contribution in [1.82, 2.24) is 4.98 Å². The van der Waals surface area contributed by atoms with Gasteiger partial charge in [-0.05, 0) is 42.9 Å². The van der Waals surface area contributed by atoms with Crippen molar-refractivity contribution in [3.05, 3.63) is 53.3 Å². The first-order valence-corrected chi connectivity index (χ1v) is 9.53. The van der Waals surface area contributed by atoms with Crippen molar-refractivity contribution in [3.63, 3.8) is 0 Å². The summed E-state index contributed by atoms with van der Waals surface area (Å²) in [4.78, 5) is 19.4. The van der Waals surface area contributed by atoms with Gasteiger partial charge in [0.1, 0.15) is 0 Å². The topological polar surface area (TPSA) is 45.2 Å². The van der Waals surface area contributed by atoms with Crippen molar-refractivity contribution in [1.29, 1.82) is 0 Å². The molecule has 0 fully saturated rings. The molecule has 1 N–H and O–H groups in total. The zero-order chi connectivity index (χ0) is 19.3. The molecule has 0 bridgehead atoms. The summed E-state index contributed by atoms with van der Waals surface area (Å²) in [5.41, 5.74) is 4.83. The van der Waals surface area contributed by atoms with Crippen LogP contribution in [0.25, 0.3) is 0 Å². The van der Waals surface area contributed by atoms with Gasteiger partial charge in [-0.3, -0.25) is 9.78 Å². The highest BCUT2D eigenvalue weighted by atomic mass is 16.1. The lowest BCUT2D eigenvalue weighted by atomic mass is 9.92. The summed E-state index contributed by atoms with van der Waals surface area (Å²) >= 11 is 0. The third kappa shape index (κ3) is 4.43. The van der Waals surface area contributed by atoms with Gasteiger partial charge >= 0.3 is 0 Å². The molecule has 0 saturated heterocycles. The molecule has 4 heteroatoms. The van der Waals surface area contributed by atoms with E-state index in [0.29, 0.717) is 17.4 Å². The fourth-order valence-corrected chi connectivity index (χ4v) is 3.19. The van der Waals surface area contributed by atoms with Crippen LogP contribution < -0.4 is 10.2 Å². The average molecular weight is 354 g/mol. The van der Waals surface area contributed by atoms with Crippen molar-refractivity contribution in [2.24, 2.45) is 0 Å². The highest BCUT2D eigenvalue weighted by Gasteiger charge is 2.17. The average Bonchev–Trinajstić information content (AvgIpc) is 2.62. The monoisotopic (exact) mass is 353 g/mol. The first-order chi connectivity index (χ1) is 12.4. The summed E-state index contributed by atoms with van der Waals surface area (Å²) < 4.78 is 0. The van der Waals surface area contributed by atoms with E-state index in [1.54, 1.807) is 6.20 Å². The molecular formula is C22H31N3O. The minimum Gasteiger partial charge on any atom is -0.371 e. The molecule has 0 saturated carbocycles. The zero-order valence-corrected chi connectivity index (χ0v) is 16.8. The molecule has 0 spiro atoms. The number of nitrogens with one attached hydrogen (secondary N) is 1. The highest BCUT2D eigenvalue weighted by Crippen LogP contribution is 2.32. The molecule has 1 aromatic heterocycles. The van der Waals surface area contributed by atoms with Crippen LogP contribution in [0.3, 0.4) is 0 Å². The van der Waals surface area contributed by atoms with Crippen LogP contribution in [0.2, 0.25) is 0 Å². The maximum absolute atomic E-state index is 12.9. The third-order valence-electron chi connectivity index (χ3n) is 4.73. The quantitative estimate of drug-likeness (QED) is 0.722. The third-order valence-corrected chi connectivity index (χ3v) is 4.73. The van der Waals surface area contributed by atoms with E-state index in [4.69, 9.17) is 0 Å². The van der Waals surface area contributed by atoms with Crippen molar-refractivity contribution in [2.45, 2.75) is 53.4 Å². The van der Waals surface area contributed by atoms with Gasteiger partial charge in [0.25, 0.3) is 5.91 Å². The molecule has 0 aliphatic rings. The Labute approximate surface area is 157 Å². The second kappa shape index (κ2) is 8.84. The fraction of sp³-hybridized carbons (Fsp3) is 0.455. The Balaban J connectivity index is 2.38. The van der Waals surface area contributed by atoms with Crippen LogP contribution in [0.4, 0.5) is 11.4 Å². The molecule has 4 nitrogen and oxygen atoms in total. The molecule has 0 radical (unpaired) electrons. The molecule has 1 heterocycles. The van der Waals surface area contributed by atoms with E-state index >= 15 is 0 Å². The van der Waals surface area contributed by atoms with Crippen LogP contribution in [-0.4, -0.2) is 24.0 Å². The number of para-hydroxylation sites is 1. The van der Waals surface area contributed by atoms with Gasteiger partial charge in [0.05, 0.1) is 17.4 Å². The van der Waals surface area contributed by atoms with Crippen LogP contribution in [0.1, 0.15) is 74.9 Å². The number of anilines is 2. The summed E-state index contributed by atoms with van der Waals surface area (Å²) in [5.74, 6) is 0.565. The Bertz CT molecular complexity index is 723. The fourth-order valence-electron chi connectivity index (χ4n) is 3.19. The Morgan fingerprint density at radius 3 is 2.12 bits per heavy atom. The molecular weight excluding hydrogens is 322 g/mol. The molecule has 0 aliphatic heterocycles. The Morgan fingerprint density at radius 2 is 1.62 bits per heavy atom. The van der Waals surface area contributed by atoms with Crippen LogP contribution in [0.5, 0.6) is 0 Å². The van der Waals surface area contributed by atoms with E-state index in [-0.39, 0.29) is 5.91 Å². The number of aromatic nitrogens is 1. The van der Waals surface area contributed by atoms with Gasteiger partial charge < -0.3 is 10.2 Å². The minimum atomic E-state index is -0.110.